The molecule has 1 N–H and O–H groups in total. The van der Waals surface area contributed by atoms with Crippen molar-refractivity contribution >= 4 is 6.03 Å². The lowest BCUT2D eigenvalue weighted by Crippen LogP contribution is -2.52. The van der Waals surface area contributed by atoms with Crippen LogP contribution in [0.15, 0.2) is 24.3 Å². The molecule has 2 amide bonds. The molecule has 1 atom stereocenters. The molecule has 6 nitrogen and oxygen atoms in total. The fourth-order valence-electron chi connectivity index (χ4n) is 3.65. The van der Waals surface area contributed by atoms with Gasteiger partial charge in [-0.05, 0) is 31.5 Å². The Morgan fingerprint density at radius 2 is 1.89 bits per heavy atom. The third-order valence-corrected chi connectivity index (χ3v) is 5.44. The number of carbonyl (C=O) groups excluding carboxylic acids is 1. The monoisotopic (exact) mass is 378 g/mol. The van der Waals surface area contributed by atoms with Crippen molar-refractivity contribution in [3.63, 3.8) is 0 Å². The van der Waals surface area contributed by atoms with Crippen LogP contribution < -0.4 is 5.32 Å². The predicted octanol–water partition coefficient (Wildman–Crippen LogP) is 1.93. The second-order valence-corrected chi connectivity index (χ2v) is 7.56. The van der Waals surface area contributed by atoms with Gasteiger partial charge in [0.2, 0.25) is 0 Å². The summed E-state index contributed by atoms with van der Waals surface area (Å²) in [5, 5.41) is 3.03. The summed E-state index contributed by atoms with van der Waals surface area (Å²) in [5.74, 6) is -0.265. The van der Waals surface area contributed by atoms with Crippen LogP contribution in [0.25, 0.3) is 0 Å². The lowest BCUT2D eigenvalue weighted by molar-refractivity contribution is -0.0155. The molecule has 1 aromatic rings. The Balaban J connectivity index is 1.40. The van der Waals surface area contributed by atoms with Crippen LogP contribution in [0, 0.1) is 5.82 Å². The average molecular weight is 378 g/mol. The van der Waals surface area contributed by atoms with Crippen molar-refractivity contribution in [1.29, 1.82) is 0 Å². The van der Waals surface area contributed by atoms with Gasteiger partial charge in [0.25, 0.3) is 0 Å². The molecule has 2 aliphatic rings. The number of nitrogens with one attached hydrogen (secondary N) is 1. The summed E-state index contributed by atoms with van der Waals surface area (Å²) in [4.78, 5) is 19.2. The average Bonchev–Trinajstić information content (AvgIpc) is 2.69. The molecule has 1 aromatic carbocycles. The van der Waals surface area contributed by atoms with Crippen LogP contribution in [-0.4, -0.2) is 85.7 Å². The highest BCUT2D eigenvalue weighted by molar-refractivity contribution is 5.74. The third-order valence-electron chi connectivity index (χ3n) is 5.44. The Hall–Kier alpha value is -1.70. The quantitative estimate of drug-likeness (QED) is 0.851. The zero-order valence-corrected chi connectivity index (χ0v) is 16.4. The number of amides is 2. The first-order chi connectivity index (χ1) is 13.0. The molecule has 2 fully saturated rings. The summed E-state index contributed by atoms with van der Waals surface area (Å²) >= 11 is 0. The lowest BCUT2D eigenvalue weighted by Gasteiger charge is -2.37. The van der Waals surface area contributed by atoms with Crippen LogP contribution in [0.5, 0.6) is 0 Å². The summed E-state index contributed by atoms with van der Waals surface area (Å²) in [5.41, 5.74) is 0.900. The minimum Gasteiger partial charge on any atom is -0.370 e. The SMILES string of the molecule is CC(C)N1CCN(CCNC(=O)N2CCO[C@H](c3ccc(F)cc3)C2)CC1. The predicted molar refractivity (Wildman–Crippen MR) is 103 cm³/mol. The second kappa shape index (κ2) is 9.48. The van der Waals surface area contributed by atoms with Gasteiger partial charge < -0.3 is 15.0 Å². The molecule has 0 bridgehead atoms. The first-order valence-electron chi connectivity index (χ1n) is 9.89. The molecule has 0 aromatic heterocycles. The Labute approximate surface area is 161 Å². The van der Waals surface area contributed by atoms with Crippen molar-refractivity contribution < 1.29 is 13.9 Å². The van der Waals surface area contributed by atoms with E-state index in [1.54, 1.807) is 17.0 Å². The molecule has 0 aliphatic carbocycles. The van der Waals surface area contributed by atoms with E-state index in [1.807, 2.05) is 0 Å². The maximum atomic E-state index is 13.1. The van der Waals surface area contributed by atoms with Gasteiger partial charge in [-0.1, -0.05) is 12.1 Å². The van der Waals surface area contributed by atoms with E-state index in [4.69, 9.17) is 4.74 Å². The van der Waals surface area contributed by atoms with Gasteiger partial charge in [0.1, 0.15) is 11.9 Å². The number of nitrogens with zero attached hydrogens (tertiary/aromatic N) is 3. The maximum absolute atomic E-state index is 13.1. The number of benzene rings is 1. The number of morpholine rings is 1. The van der Waals surface area contributed by atoms with Crippen molar-refractivity contribution in [2.75, 3.05) is 59.0 Å². The van der Waals surface area contributed by atoms with E-state index in [1.165, 1.54) is 12.1 Å². The number of ether oxygens (including phenoxy) is 1. The van der Waals surface area contributed by atoms with Gasteiger partial charge >= 0.3 is 6.03 Å². The summed E-state index contributed by atoms with van der Waals surface area (Å²) < 4.78 is 18.8. The molecular weight excluding hydrogens is 347 g/mol. The van der Waals surface area contributed by atoms with Crippen molar-refractivity contribution in [1.82, 2.24) is 20.0 Å². The minimum atomic E-state index is -0.265. The zero-order valence-electron chi connectivity index (χ0n) is 16.4. The van der Waals surface area contributed by atoms with E-state index >= 15 is 0 Å². The molecule has 0 unspecified atom stereocenters. The molecule has 0 radical (unpaired) electrons. The standard InChI is InChI=1S/C20H31FN4O2/c1-16(2)24-11-9-23(10-12-24)8-7-22-20(26)25-13-14-27-19(15-25)17-3-5-18(21)6-4-17/h3-6,16,19H,7-15H2,1-2H3,(H,22,26)/t19-/m0/s1. The largest absolute Gasteiger partial charge is 0.370 e. The minimum absolute atomic E-state index is 0.0498. The molecule has 7 heteroatoms. The number of rotatable bonds is 5. The van der Waals surface area contributed by atoms with E-state index in [2.05, 4.69) is 29.0 Å². The molecule has 0 saturated carbocycles. The van der Waals surface area contributed by atoms with E-state index < -0.39 is 0 Å². The van der Waals surface area contributed by atoms with Crippen LogP contribution in [0.4, 0.5) is 9.18 Å². The van der Waals surface area contributed by atoms with Gasteiger partial charge in [0.15, 0.2) is 0 Å². The molecule has 150 valence electrons. The summed E-state index contributed by atoms with van der Waals surface area (Å²) in [6.07, 6.45) is -0.200. The normalized spacial score (nSPS) is 22.2. The molecule has 2 saturated heterocycles. The highest BCUT2D eigenvalue weighted by Gasteiger charge is 2.25. The Bertz CT molecular complexity index is 603. The van der Waals surface area contributed by atoms with Crippen LogP contribution in [0.3, 0.4) is 0 Å². The second-order valence-electron chi connectivity index (χ2n) is 7.56. The number of hydrogen-bond acceptors (Lipinski definition) is 4. The van der Waals surface area contributed by atoms with Crippen molar-refractivity contribution in [2.45, 2.75) is 26.0 Å². The number of piperazine rings is 1. The van der Waals surface area contributed by atoms with Crippen molar-refractivity contribution in [2.24, 2.45) is 0 Å². The molecular formula is C20H31FN4O2. The van der Waals surface area contributed by atoms with E-state index in [0.29, 0.717) is 32.3 Å². The Morgan fingerprint density at radius 3 is 2.56 bits per heavy atom. The Kier molecular flexibility index (Phi) is 7.04. The first kappa shape index (κ1) is 20.0. The molecule has 27 heavy (non-hydrogen) atoms. The number of carbonyl (C=O) groups is 1. The summed E-state index contributed by atoms with van der Waals surface area (Å²) in [6.45, 7) is 11.9. The maximum Gasteiger partial charge on any atom is 0.317 e. The van der Waals surface area contributed by atoms with Crippen LogP contribution >= 0.6 is 0 Å². The van der Waals surface area contributed by atoms with E-state index in [-0.39, 0.29) is 18.0 Å². The number of halogens is 1. The van der Waals surface area contributed by atoms with Crippen LogP contribution in [0.2, 0.25) is 0 Å². The van der Waals surface area contributed by atoms with Gasteiger partial charge in [0.05, 0.1) is 13.2 Å². The fourth-order valence-corrected chi connectivity index (χ4v) is 3.65. The molecule has 2 heterocycles. The third kappa shape index (κ3) is 5.64. The highest BCUT2D eigenvalue weighted by atomic mass is 19.1. The van der Waals surface area contributed by atoms with Gasteiger partial charge in [-0.15, -0.1) is 0 Å². The first-order valence-corrected chi connectivity index (χ1v) is 9.89. The van der Waals surface area contributed by atoms with Gasteiger partial charge in [0, 0.05) is 51.9 Å². The topological polar surface area (TPSA) is 48.0 Å². The fraction of sp³-hybridized carbons (Fsp3) is 0.650. The highest BCUT2D eigenvalue weighted by Crippen LogP contribution is 2.22. The summed E-state index contributed by atoms with van der Waals surface area (Å²) in [7, 11) is 0. The molecule has 3 rings (SSSR count). The lowest BCUT2D eigenvalue weighted by atomic mass is 10.1. The van der Waals surface area contributed by atoms with Crippen LogP contribution in [-0.2, 0) is 4.74 Å². The van der Waals surface area contributed by atoms with E-state index in [9.17, 15) is 9.18 Å². The van der Waals surface area contributed by atoms with Crippen LogP contribution in [0.1, 0.15) is 25.5 Å². The van der Waals surface area contributed by atoms with Gasteiger partial charge in [-0.25, -0.2) is 9.18 Å². The molecule has 0 spiro atoms. The summed E-state index contributed by atoms with van der Waals surface area (Å²) in [6, 6.07) is 6.85. The Morgan fingerprint density at radius 1 is 1.19 bits per heavy atom. The number of urea groups is 1. The zero-order chi connectivity index (χ0) is 19.2. The van der Waals surface area contributed by atoms with Crippen molar-refractivity contribution in [3.05, 3.63) is 35.6 Å². The van der Waals surface area contributed by atoms with Crippen molar-refractivity contribution in [3.8, 4) is 0 Å². The molecule has 2 aliphatic heterocycles. The smallest absolute Gasteiger partial charge is 0.317 e. The van der Waals surface area contributed by atoms with Gasteiger partial charge in [-0.3, -0.25) is 9.80 Å². The number of hydrogen-bond donors (Lipinski definition) is 1. The van der Waals surface area contributed by atoms with E-state index in [0.717, 1.165) is 38.3 Å². The van der Waals surface area contributed by atoms with Gasteiger partial charge in [-0.2, -0.15) is 0 Å².